The second kappa shape index (κ2) is 8.58. The van der Waals surface area contributed by atoms with Crippen LogP contribution in [0, 0.1) is 0 Å². The minimum absolute atomic E-state index is 0.0703. The zero-order valence-electron chi connectivity index (χ0n) is 18.4. The number of carbonyl (C=O) groups excluding carboxylic acids is 1. The topological polar surface area (TPSA) is 79.6 Å². The number of amides is 2. The molecule has 4 heterocycles. The van der Waals surface area contributed by atoms with Crippen molar-refractivity contribution < 1.29 is 9.53 Å². The van der Waals surface area contributed by atoms with E-state index in [0.29, 0.717) is 30.4 Å². The van der Waals surface area contributed by atoms with E-state index < -0.39 is 0 Å². The minimum atomic E-state index is -0.0703. The smallest absolute Gasteiger partial charge is 0.330 e. The Bertz CT molecular complexity index is 1090. The number of benzene rings is 1. The van der Waals surface area contributed by atoms with Crippen LogP contribution < -0.4 is 14.7 Å². The molecule has 2 aromatic heterocycles. The summed E-state index contributed by atoms with van der Waals surface area (Å²) in [5, 5.41) is 8.26. The summed E-state index contributed by atoms with van der Waals surface area (Å²) >= 11 is 0. The lowest BCUT2D eigenvalue weighted by molar-refractivity contribution is 0.122. The maximum Gasteiger partial charge on any atom is 0.330 e. The molecule has 0 saturated carbocycles. The summed E-state index contributed by atoms with van der Waals surface area (Å²) in [6.07, 6.45) is 1.71. The van der Waals surface area contributed by atoms with Crippen LogP contribution in [0.3, 0.4) is 0 Å². The molecule has 1 aromatic carbocycles. The lowest BCUT2D eigenvalue weighted by atomic mass is 10.2. The zero-order valence-corrected chi connectivity index (χ0v) is 18.4. The third kappa shape index (κ3) is 3.80. The fourth-order valence-corrected chi connectivity index (χ4v) is 4.16. The second-order valence-electron chi connectivity index (χ2n) is 8.24. The number of pyridine rings is 1. The molecule has 32 heavy (non-hydrogen) atoms. The fourth-order valence-electron chi connectivity index (χ4n) is 4.16. The Kier molecular flexibility index (Phi) is 5.48. The van der Waals surface area contributed by atoms with Crippen molar-refractivity contribution in [2.45, 2.75) is 19.9 Å². The van der Waals surface area contributed by atoms with E-state index >= 15 is 0 Å². The molecule has 2 fully saturated rings. The average Bonchev–Trinajstić information content (AvgIpc) is 3.47. The summed E-state index contributed by atoms with van der Waals surface area (Å²) in [7, 11) is 0. The first-order chi connectivity index (χ1) is 15.6. The van der Waals surface area contributed by atoms with Gasteiger partial charge in [-0.3, -0.25) is 9.80 Å². The summed E-state index contributed by atoms with van der Waals surface area (Å²) < 4.78 is 7.40. The number of nitrogens with zero attached hydrogens (tertiary/aromatic N) is 7. The van der Waals surface area contributed by atoms with E-state index in [1.54, 1.807) is 16.1 Å². The van der Waals surface area contributed by atoms with Gasteiger partial charge in [0.2, 0.25) is 0 Å². The average molecular weight is 434 g/mol. The lowest BCUT2D eigenvalue weighted by Crippen LogP contribution is -2.36. The van der Waals surface area contributed by atoms with Crippen molar-refractivity contribution in [1.82, 2.24) is 19.7 Å². The minimum Gasteiger partial charge on any atom is -0.378 e. The Morgan fingerprint density at radius 3 is 2.38 bits per heavy atom. The number of hydrogen-bond acceptors (Lipinski definition) is 6. The second-order valence-corrected chi connectivity index (χ2v) is 8.24. The fraction of sp³-hybridized carbons (Fsp3) is 0.391. The Morgan fingerprint density at radius 2 is 1.62 bits per heavy atom. The monoisotopic (exact) mass is 433 g/mol. The molecule has 0 spiro atoms. The first-order valence-electron chi connectivity index (χ1n) is 11.0. The lowest BCUT2D eigenvalue weighted by Gasteiger charge is -2.29. The third-order valence-electron chi connectivity index (χ3n) is 5.92. The van der Waals surface area contributed by atoms with E-state index in [-0.39, 0.29) is 12.1 Å². The van der Waals surface area contributed by atoms with Crippen LogP contribution in [0.25, 0.3) is 11.5 Å². The van der Waals surface area contributed by atoms with Gasteiger partial charge in [-0.2, -0.15) is 0 Å². The quantitative estimate of drug-likeness (QED) is 0.615. The highest BCUT2D eigenvalue weighted by Gasteiger charge is 2.32. The number of rotatable bonds is 5. The molecule has 2 saturated heterocycles. The Morgan fingerprint density at radius 1 is 0.906 bits per heavy atom. The van der Waals surface area contributed by atoms with Crippen molar-refractivity contribution in [3.05, 3.63) is 48.8 Å². The van der Waals surface area contributed by atoms with Crippen LogP contribution in [0.4, 0.5) is 22.0 Å². The molecule has 0 atom stereocenters. The van der Waals surface area contributed by atoms with E-state index in [2.05, 4.69) is 41.1 Å². The molecule has 2 amide bonds. The highest BCUT2D eigenvalue weighted by atomic mass is 16.5. The Balaban J connectivity index is 1.34. The molecule has 0 aliphatic carbocycles. The number of anilines is 3. The molecule has 0 unspecified atom stereocenters. The van der Waals surface area contributed by atoms with Gasteiger partial charge in [-0.15, -0.1) is 10.2 Å². The molecular formula is C23H27N7O2. The number of hydrogen-bond donors (Lipinski definition) is 0. The molecular weight excluding hydrogens is 406 g/mol. The van der Waals surface area contributed by atoms with Crippen LogP contribution in [0.2, 0.25) is 0 Å². The number of ether oxygens (including phenoxy) is 1. The van der Waals surface area contributed by atoms with Crippen LogP contribution in [0.15, 0.2) is 48.8 Å². The maximum atomic E-state index is 13.2. The van der Waals surface area contributed by atoms with Gasteiger partial charge in [0.1, 0.15) is 17.8 Å². The van der Waals surface area contributed by atoms with Crippen LogP contribution >= 0.6 is 0 Å². The van der Waals surface area contributed by atoms with Gasteiger partial charge < -0.3 is 14.2 Å². The van der Waals surface area contributed by atoms with Crippen molar-refractivity contribution in [2.24, 2.45) is 0 Å². The van der Waals surface area contributed by atoms with Crippen molar-refractivity contribution in [3.63, 3.8) is 0 Å². The molecule has 9 heteroatoms. The molecule has 0 bridgehead atoms. The predicted molar refractivity (Wildman–Crippen MR) is 123 cm³/mol. The summed E-state index contributed by atoms with van der Waals surface area (Å²) in [6.45, 7) is 8.62. The molecule has 2 aliphatic rings. The van der Waals surface area contributed by atoms with Crippen LogP contribution in [-0.2, 0) is 4.74 Å². The number of aromatic nitrogens is 4. The van der Waals surface area contributed by atoms with E-state index in [9.17, 15) is 4.79 Å². The predicted octanol–water partition coefficient (Wildman–Crippen LogP) is 3.20. The standard InChI is InChI=1S/C23H27N7O2/c1-17(2)30-16-24-26-22(30)20-4-3-5-21(25-20)29-11-10-28(23(29)31)19-8-6-18(7-9-19)27-12-14-32-15-13-27/h3-9,16-17H,10-15H2,1-2H3. The molecule has 5 rings (SSSR count). The van der Waals surface area contributed by atoms with Gasteiger partial charge in [-0.1, -0.05) is 6.07 Å². The number of morpholine rings is 1. The summed E-state index contributed by atoms with van der Waals surface area (Å²) in [6, 6.07) is 14.0. The van der Waals surface area contributed by atoms with Crippen LogP contribution in [0.5, 0.6) is 0 Å². The van der Waals surface area contributed by atoms with Gasteiger partial charge >= 0.3 is 6.03 Å². The molecule has 2 aliphatic heterocycles. The van der Waals surface area contributed by atoms with E-state index in [1.165, 1.54) is 0 Å². The molecule has 0 radical (unpaired) electrons. The van der Waals surface area contributed by atoms with Crippen molar-refractivity contribution in [3.8, 4) is 11.5 Å². The number of carbonyl (C=O) groups is 1. The van der Waals surface area contributed by atoms with Crippen molar-refractivity contribution >= 4 is 23.2 Å². The van der Waals surface area contributed by atoms with Gasteiger partial charge in [0, 0.05) is 43.6 Å². The van der Waals surface area contributed by atoms with Gasteiger partial charge in [0.15, 0.2) is 5.82 Å². The first kappa shape index (κ1) is 20.4. The van der Waals surface area contributed by atoms with Gasteiger partial charge in [0.05, 0.1) is 13.2 Å². The molecule has 3 aromatic rings. The zero-order chi connectivity index (χ0) is 22.1. The first-order valence-corrected chi connectivity index (χ1v) is 11.0. The Labute approximate surface area is 187 Å². The van der Waals surface area contributed by atoms with Crippen molar-refractivity contribution in [1.29, 1.82) is 0 Å². The summed E-state index contributed by atoms with van der Waals surface area (Å²) in [4.78, 5) is 23.8. The number of urea groups is 1. The maximum absolute atomic E-state index is 13.2. The third-order valence-corrected chi connectivity index (χ3v) is 5.92. The molecule has 166 valence electrons. The largest absolute Gasteiger partial charge is 0.378 e. The van der Waals surface area contributed by atoms with Crippen LogP contribution in [-0.4, -0.2) is 65.2 Å². The molecule has 0 N–H and O–H groups in total. The van der Waals surface area contributed by atoms with E-state index in [4.69, 9.17) is 9.72 Å². The molecule has 9 nitrogen and oxygen atoms in total. The highest BCUT2D eigenvalue weighted by molar-refractivity contribution is 6.05. The van der Waals surface area contributed by atoms with Gasteiger partial charge in [0.25, 0.3) is 0 Å². The van der Waals surface area contributed by atoms with Crippen LogP contribution in [0.1, 0.15) is 19.9 Å². The van der Waals surface area contributed by atoms with E-state index in [0.717, 1.165) is 37.7 Å². The highest BCUT2D eigenvalue weighted by Crippen LogP contribution is 2.28. The summed E-state index contributed by atoms with van der Waals surface area (Å²) in [5.74, 6) is 1.32. The Hall–Kier alpha value is -3.46. The van der Waals surface area contributed by atoms with Gasteiger partial charge in [-0.25, -0.2) is 9.78 Å². The normalized spacial score (nSPS) is 17.0. The SMILES string of the molecule is CC(C)n1cnnc1-c1cccc(N2CCN(c3ccc(N4CCOCC4)cc3)C2=O)n1. The van der Waals surface area contributed by atoms with Crippen molar-refractivity contribution in [2.75, 3.05) is 54.1 Å². The summed E-state index contributed by atoms with van der Waals surface area (Å²) in [5.41, 5.74) is 2.75. The van der Waals surface area contributed by atoms with E-state index in [1.807, 2.05) is 34.9 Å². The van der Waals surface area contributed by atoms with Gasteiger partial charge in [-0.05, 0) is 50.2 Å².